The van der Waals surface area contributed by atoms with Gasteiger partial charge in [0.1, 0.15) is 6.04 Å². The Kier molecular flexibility index (Phi) is 12.5. The number of carbonyl (C=O) groups excluding carboxylic acids is 2. The van der Waals surface area contributed by atoms with E-state index >= 15 is 0 Å². The predicted octanol–water partition coefficient (Wildman–Crippen LogP) is 5.79. The summed E-state index contributed by atoms with van der Waals surface area (Å²) in [5.74, 6) is 1.16. The van der Waals surface area contributed by atoms with Crippen LogP contribution in [0.2, 0.25) is 5.02 Å². The number of hydrogen-bond acceptors (Lipinski definition) is 4. The number of nitrogens with zero attached hydrogens (tertiary/aromatic N) is 1. The molecule has 0 heterocycles. The van der Waals surface area contributed by atoms with E-state index in [1.165, 1.54) is 0 Å². The van der Waals surface area contributed by atoms with Crippen molar-refractivity contribution in [2.45, 2.75) is 72.4 Å². The highest BCUT2D eigenvalue weighted by molar-refractivity contribution is 6.31. The molecule has 0 aliphatic carbocycles. The number of aryl methyl sites for hydroxylation is 1. The second kappa shape index (κ2) is 15.3. The molecule has 1 N–H and O–H groups in total. The van der Waals surface area contributed by atoms with Gasteiger partial charge in [0.15, 0.2) is 11.5 Å². The van der Waals surface area contributed by atoms with Gasteiger partial charge in [0.05, 0.1) is 13.2 Å². The number of unbranched alkanes of at least 4 members (excludes halogenated alkanes) is 1. The molecule has 192 valence electrons. The first-order chi connectivity index (χ1) is 16.9. The molecule has 6 nitrogen and oxygen atoms in total. The molecule has 0 saturated carbocycles. The molecule has 2 amide bonds. The van der Waals surface area contributed by atoms with Gasteiger partial charge in [0.25, 0.3) is 0 Å². The lowest BCUT2D eigenvalue weighted by Crippen LogP contribution is -2.49. The Morgan fingerprint density at radius 2 is 1.71 bits per heavy atom. The number of carbonyl (C=O) groups is 2. The molecule has 0 spiro atoms. The van der Waals surface area contributed by atoms with Crippen LogP contribution >= 0.6 is 11.6 Å². The summed E-state index contributed by atoms with van der Waals surface area (Å²) in [5, 5.41) is 3.57. The van der Waals surface area contributed by atoms with E-state index < -0.39 is 6.04 Å². The van der Waals surface area contributed by atoms with Crippen LogP contribution in [0.1, 0.15) is 64.5 Å². The van der Waals surface area contributed by atoms with Crippen LogP contribution in [0, 0.1) is 0 Å². The Labute approximate surface area is 214 Å². The van der Waals surface area contributed by atoms with E-state index in [1.807, 2.05) is 57.2 Å². The van der Waals surface area contributed by atoms with Crippen LogP contribution in [0.3, 0.4) is 0 Å². The average Bonchev–Trinajstić information content (AvgIpc) is 2.85. The lowest BCUT2D eigenvalue weighted by Gasteiger charge is -2.31. The maximum absolute atomic E-state index is 13.5. The number of nitrogens with one attached hydrogen (secondary N) is 1. The maximum atomic E-state index is 13.5. The minimum Gasteiger partial charge on any atom is -0.490 e. The van der Waals surface area contributed by atoms with Crippen molar-refractivity contribution in [2.75, 3.05) is 19.8 Å². The first-order valence-electron chi connectivity index (χ1n) is 12.6. The minimum absolute atomic E-state index is 0.0887. The first-order valence-corrected chi connectivity index (χ1v) is 13.0. The summed E-state index contributed by atoms with van der Waals surface area (Å²) in [6.45, 7) is 9.82. The summed E-state index contributed by atoms with van der Waals surface area (Å²) in [7, 11) is 0. The van der Waals surface area contributed by atoms with Crippen LogP contribution in [-0.2, 0) is 22.6 Å². The van der Waals surface area contributed by atoms with Crippen LogP contribution in [0.15, 0.2) is 42.5 Å². The van der Waals surface area contributed by atoms with Gasteiger partial charge >= 0.3 is 0 Å². The Morgan fingerprint density at radius 3 is 2.37 bits per heavy atom. The Hall–Kier alpha value is -2.73. The zero-order valence-electron chi connectivity index (χ0n) is 21.4. The highest BCUT2D eigenvalue weighted by atomic mass is 35.5. The quantitative estimate of drug-likeness (QED) is 0.313. The second-order valence-corrected chi connectivity index (χ2v) is 8.74. The number of ether oxygens (including phenoxy) is 2. The smallest absolute Gasteiger partial charge is 0.242 e. The largest absolute Gasteiger partial charge is 0.490 e. The van der Waals surface area contributed by atoms with E-state index in [2.05, 4.69) is 12.2 Å². The molecule has 7 heteroatoms. The number of hydrogen-bond donors (Lipinski definition) is 1. The lowest BCUT2D eigenvalue weighted by atomic mass is 10.1. The van der Waals surface area contributed by atoms with E-state index in [9.17, 15) is 9.59 Å². The summed E-state index contributed by atoms with van der Waals surface area (Å²) in [6, 6.07) is 12.6. The normalized spacial score (nSPS) is 11.6. The standard InChI is InChI=1S/C28H39ClN2O4/c1-5-9-18-30-28(33)24(6-2)31(20-22-12-10-11-13-23(22)29)27(32)17-15-21-14-16-25(34-7-3)26(19-21)35-8-4/h10-14,16,19,24H,5-9,15,17-18,20H2,1-4H3,(H,30,33)/t24-/m1/s1. The van der Waals surface area contributed by atoms with Crippen molar-refractivity contribution in [3.05, 3.63) is 58.6 Å². The Bertz CT molecular complexity index is 950. The van der Waals surface area contributed by atoms with Gasteiger partial charge in [-0.15, -0.1) is 0 Å². The third kappa shape index (κ3) is 8.77. The van der Waals surface area contributed by atoms with Gasteiger partial charge in [-0.3, -0.25) is 9.59 Å². The molecular formula is C28H39ClN2O4. The monoisotopic (exact) mass is 502 g/mol. The summed E-state index contributed by atoms with van der Waals surface area (Å²) >= 11 is 6.40. The van der Waals surface area contributed by atoms with Crippen LogP contribution < -0.4 is 14.8 Å². The molecule has 0 aliphatic heterocycles. The van der Waals surface area contributed by atoms with Crippen LogP contribution in [0.4, 0.5) is 0 Å². The van der Waals surface area contributed by atoms with E-state index in [-0.39, 0.29) is 24.8 Å². The molecule has 0 aromatic heterocycles. The highest BCUT2D eigenvalue weighted by Crippen LogP contribution is 2.29. The molecule has 2 aromatic carbocycles. The third-order valence-corrected chi connectivity index (χ3v) is 6.12. The van der Waals surface area contributed by atoms with Gasteiger partial charge in [-0.25, -0.2) is 0 Å². The molecule has 1 atom stereocenters. The zero-order chi connectivity index (χ0) is 25.6. The van der Waals surface area contributed by atoms with E-state index in [1.54, 1.807) is 11.0 Å². The van der Waals surface area contributed by atoms with Crippen molar-refractivity contribution in [1.29, 1.82) is 0 Å². The lowest BCUT2D eigenvalue weighted by molar-refractivity contribution is -0.141. The topological polar surface area (TPSA) is 67.9 Å². The van der Waals surface area contributed by atoms with Gasteiger partial charge in [0, 0.05) is 24.5 Å². The average molecular weight is 503 g/mol. The van der Waals surface area contributed by atoms with E-state index in [4.69, 9.17) is 21.1 Å². The van der Waals surface area contributed by atoms with Gasteiger partial charge in [0.2, 0.25) is 11.8 Å². The fourth-order valence-corrected chi connectivity index (χ4v) is 4.08. The number of rotatable bonds is 15. The fraction of sp³-hybridized carbons (Fsp3) is 0.500. The van der Waals surface area contributed by atoms with Crippen molar-refractivity contribution in [3.63, 3.8) is 0 Å². The SMILES string of the molecule is CCCCNC(=O)[C@@H](CC)N(Cc1ccccc1Cl)C(=O)CCc1ccc(OCC)c(OCC)c1. The molecule has 35 heavy (non-hydrogen) atoms. The van der Waals surface area contributed by atoms with Crippen molar-refractivity contribution in [3.8, 4) is 11.5 Å². The van der Waals surface area contributed by atoms with Crippen LogP contribution in [-0.4, -0.2) is 42.5 Å². The van der Waals surface area contributed by atoms with Gasteiger partial charge in [-0.1, -0.05) is 56.1 Å². The third-order valence-electron chi connectivity index (χ3n) is 5.75. The highest BCUT2D eigenvalue weighted by Gasteiger charge is 2.28. The van der Waals surface area contributed by atoms with Gasteiger partial charge < -0.3 is 19.7 Å². The van der Waals surface area contributed by atoms with Crippen LogP contribution in [0.5, 0.6) is 11.5 Å². The van der Waals surface area contributed by atoms with Gasteiger partial charge in [-0.2, -0.15) is 0 Å². The molecule has 2 rings (SSSR count). The molecule has 0 radical (unpaired) electrons. The summed E-state index contributed by atoms with van der Waals surface area (Å²) in [6.07, 6.45) is 3.21. The van der Waals surface area contributed by atoms with E-state index in [0.29, 0.717) is 49.1 Å². The Morgan fingerprint density at radius 1 is 1.00 bits per heavy atom. The molecule has 0 saturated heterocycles. The van der Waals surface area contributed by atoms with Crippen LogP contribution in [0.25, 0.3) is 0 Å². The van der Waals surface area contributed by atoms with E-state index in [0.717, 1.165) is 24.0 Å². The number of amides is 2. The number of benzene rings is 2. The Balaban J connectivity index is 2.21. The number of halogens is 1. The fourth-order valence-electron chi connectivity index (χ4n) is 3.88. The summed E-state index contributed by atoms with van der Waals surface area (Å²) in [4.78, 5) is 28.2. The van der Waals surface area contributed by atoms with Crippen molar-refractivity contribution in [1.82, 2.24) is 10.2 Å². The summed E-state index contributed by atoms with van der Waals surface area (Å²) in [5.41, 5.74) is 1.80. The molecule has 0 unspecified atom stereocenters. The molecule has 0 bridgehead atoms. The van der Waals surface area contributed by atoms with Gasteiger partial charge in [-0.05, 0) is 62.4 Å². The molecular weight excluding hydrogens is 464 g/mol. The second-order valence-electron chi connectivity index (χ2n) is 8.33. The molecule has 0 fully saturated rings. The predicted molar refractivity (Wildman–Crippen MR) is 141 cm³/mol. The first kappa shape index (κ1) is 28.5. The minimum atomic E-state index is -0.560. The van der Waals surface area contributed by atoms with Crippen molar-refractivity contribution in [2.24, 2.45) is 0 Å². The van der Waals surface area contributed by atoms with Crippen molar-refractivity contribution < 1.29 is 19.1 Å². The molecule has 0 aliphatic rings. The zero-order valence-corrected chi connectivity index (χ0v) is 22.2. The summed E-state index contributed by atoms with van der Waals surface area (Å²) < 4.78 is 11.4. The maximum Gasteiger partial charge on any atom is 0.242 e. The molecule has 2 aromatic rings. The van der Waals surface area contributed by atoms with Crippen molar-refractivity contribution >= 4 is 23.4 Å².